The molecule has 66 valence electrons. The lowest BCUT2D eigenvalue weighted by molar-refractivity contribution is 0.173. The van der Waals surface area contributed by atoms with Gasteiger partial charge in [0.05, 0.1) is 6.10 Å². The third-order valence-corrected chi connectivity index (χ3v) is 2.16. The molecule has 0 unspecified atom stereocenters. The Labute approximate surface area is 74.1 Å². The van der Waals surface area contributed by atoms with Crippen LogP contribution in [0.3, 0.4) is 0 Å². The molecule has 0 aliphatic carbocycles. The molecule has 0 aliphatic heterocycles. The summed E-state index contributed by atoms with van der Waals surface area (Å²) < 4.78 is 0. The summed E-state index contributed by atoms with van der Waals surface area (Å²) >= 11 is 0. The average molecular weight is 164 g/mol. The van der Waals surface area contributed by atoms with Gasteiger partial charge in [0.2, 0.25) is 0 Å². The lowest BCUT2D eigenvalue weighted by atomic mass is 10.0. The Balaban J connectivity index is 2.77. The van der Waals surface area contributed by atoms with Crippen molar-refractivity contribution >= 4 is 0 Å². The van der Waals surface area contributed by atoms with Crippen LogP contribution in [-0.2, 0) is 6.42 Å². The fraction of sp³-hybridized carbons (Fsp3) is 0.455. The molecule has 12 heavy (non-hydrogen) atoms. The lowest BCUT2D eigenvalue weighted by Crippen LogP contribution is -1.94. The number of aliphatic hydroxyl groups is 1. The summed E-state index contributed by atoms with van der Waals surface area (Å²) in [6, 6.07) is 8.17. The molecule has 1 atom stereocenters. The highest BCUT2D eigenvalue weighted by Crippen LogP contribution is 2.16. The van der Waals surface area contributed by atoms with Crippen LogP contribution in [0.1, 0.15) is 37.5 Å². The molecule has 1 heteroatoms. The number of benzene rings is 1. The predicted octanol–water partition coefficient (Wildman–Crippen LogP) is 2.69. The molecule has 1 rings (SSSR count). The molecular weight excluding hydrogens is 148 g/mol. The van der Waals surface area contributed by atoms with Crippen molar-refractivity contribution in [3.8, 4) is 0 Å². The topological polar surface area (TPSA) is 20.2 Å². The van der Waals surface area contributed by atoms with Gasteiger partial charge in [-0.2, -0.15) is 0 Å². The van der Waals surface area contributed by atoms with E-state index in [0.717, 1.165) is 18.4 Å². The summed E-state index contributed by atoms with van der Waals surface area (Å²) in [6.07, 6.45) is 1.55. The Kier molecular flexibility index (Phi) is 3.30. The van der Waals surface area contributed by atoms with E-state index in [2.05, 4.69) is 19.1 Å². The van der Waals surface area contributed by atoms with Crippen molar-refractivity contribution in [2.75, 3.05) is 0 Å². The predicted molar refractivity (Wildman–Crippen MR) is 51.1 cm³/mol. The number of rotatable bonds is 3. The number of aliphatic hydroxyl groups excluding tert-OH is 1. The maximum absolute atomic E-state index is 9.49. The van der Waals surface area contributed by atoms with Crippen molar-refractivity contribution in [1.82, 2.24) is 0 Å². The highest BCUT2D eigenvalue weighted by molar-refractivity contribution is 5.23. The average Bonchev–Trinajstić information content (AvgIpc) is 2.17. The van der Waals surface area contributed by atoms with Crippen LogP contribution in [0.15, 0.2) is 24.3 Å². The number of hydrogen-bond donors (Lipinski definition) is 1. The summed E-state index contributed by atoms with van der Waals surface area (Å²) in [5.74, 6) is 0. The summed E-state index contributed by atoms with van der Waals surface area (Å²) in [5, 5.41) is 9.49. The fourth-order valence-corrected chi connectivity index (χ4v) is 1.21. The van der Waals surface area contributed by atoms with Gasteiger partial charge in [0.25, 0.3) is 0 Å². The Morgan fingerprint density at radius 3 is 2.17 bits per heavy atom. The van der Waals surface area contributed by atoms with Crippen molar-refractivity contribution in [2.24, 2.45) is 0 Å². The van der Waals surface area contributed by atoms with Crippen molar-refractivity contribution in [2.45, 2.75) is 32.8 Å². The summed E-state index contributed by atoms with van der Waals surface area (Å²) in [6.45, 7) is 4.11. The SMILES string of the molecule is CCc1ccc([C@@H](O)CC)cc1. The molecule has 1 aromatic carbocycles. The van der Waals surface area contributed by atoms with Crippen LogP contribution in [0.5, 0.6) is 0 Å². The molecule has 0 radical (unpaired) electrons. The Bertz CT molecular complexity index is 225. The monoisotopic (exact) mass is 164 g/mol. The molecule has 0 fully saturated rings. The van der Waals surface area contributed by atoms with Gasteiger partial charge in [-0.05, 0) is 24.0 Å². The van der Waals surface area contributed by atoms with Gasteiger partial charge >= 0.3 is 0 Å². The van der Waals surface area contributed by atoms with Gasteiger partial charge in [0.15, 0.2) is 0 Å². The van der Waals surface area contributed by atoms with Crippen molar-refractivity contribution in [3.05, 3.63) is 35.4 Å². The molecule has 0 amide bonds. The maximum atomic E-state index is 9.49. The highest BCUT2D eigenvalue weighted by Gasteiger charge is 2.02. The second-order valence-corrected chi connectivity index (χ2v) is 3.02. The van der Waals surface area contributed by atoms with Crippen LogP contribution < -0.4 is 0 Å². The van der Waals surface area contributed by atoms with E-state index in [9.17, 15) is 5.11 Å². The molecule has 0 aliphatic rings. The lowest BCUT2D eigenvalue weighted by Gasteiger charge is -2.07. The second-order valence-electron chi connectivity index (χ2n) is 3.02. The van der Waals surface area contributed by atoms with Crippen LogP contribution >= 0.6 is 0 Å². The third-order valence-electron chi connectivity index (χ3n) is 2.16. The molecular formula is C11H16O. The molecule has 0 aromatic heterocycles. The van der Waals surface area contributed by atoms with Crippen LogP contribution in [0.4, 0.5) is 0 Å². The highest BCUT2D eigenvalue weighted by atomic mass is 16.3. The molecule has 1 aromatic rings. The van der Waals surface area contributed by atoms with Crippen molar-refractivity contribution < 1.29 is 5.11 Å². The number of hydrogen-bond acceptors (Lipinski definition) is 1. The maximum Gasteiger partial charge on any atom is 0.0787 e. The molecule has 1 N–H and O–H groups in total. The molecule has 0 saturated carbocycles. The van der Waals surface area contributed by atoms with Crippen LogP contribution in [0.2, 0.25) is 0 Å². The molecule has 0 bridgehead atoms. The van der Waals surface area contributed by atoms with Gasteiger partial charge in [0, 0.05) is 0 Å². The third kappa shape index (κ3) is 2.08. The van der Waals surface area contributed by atoms with Gasteiger partial charge < -0.3 is 5.11 Å². The zero-order valence-electron chi connectivity index (χ0n) is 7.75. The van der Waals surface area contributed by atoms with Crippen LogP contribution in [-0.4, -0.2) is 5.11 Å². The van der Waals surface area contributed by atoms with E-state index < -0.39 is 0 Å². The smallest absolute Gasteiger partial charge is 0.0787 e. The minimum absolute atomic E-state index is 0.295. The van der Waals surface area contributed by atoms with Gasteiger partial charge in [-0.15, -0.1) is 0 Å². The summed E-state index contributed by atoms with van der Waals surface area (Å²) in [5.41, 5.74) is 2.34. The van der Waals surface area contributed by atoms with E-state index in [-0.39, 0.29) is 6.10 Å². The first kappa shape index (κ1) is 9.27. The molecule has 0 saturated heterocycles. The Hall–Kier alpha value is -0.820. The second kappa shape index (κ2) is 4.27. The van der Waals surface area contributed by atoms with E-state index in [1.165, 1.54) is 5.56 Å². The first-order valence-corrected chi connectivity index (χ1v) is 4.54. The normalized spacial score (nSPS) is 12.9. The summed E-state index contributed by atoms with van der Waals surface area (Å²) in [4.78, 5) is 0. The first-order valence-electron chi connectivity index (χ1n) is 4.54. The van der Waals surface area contributed by atoms with E-state index in [1.54, 1.807) is 0 Å². The standard InChI is InChI=1S/C11H16O/c1-3-9-5-7-10(8-6-9)11(12)4-2/h5-8,11-12H,3-4H2,1-2H3/t11-/m0/s1. The zero-order chi connectivity index (χ0) is 8.97. The zero-order valence-corrected chi connectivity index (χ0v) is 7.75. The van der Waals surface area contributed by atoms with Gasteiger partial charge in [0.1, 0.15) is 0 Å². The number of aryl methyl sites for hydroxylation is 1. The van der Waals surface area contributed by atoms with E-state index in [4.69, 9.17) is 0 Å². The molecule has 0 spiro atoms. The van der Waals surface area contributed by atoms with Crippen LogP contribution in [0.25, 0.3) is 0 Å². The molecule has 0 heterocycles. The first-order chi connectivity index (χ1) is 5.77. The van der Waals surface area contributed by atoms with E-state index >= 15 is 0 Å². The summed E-state index contributed by atoms with van der Waals surface area (Å²) in [7, 11) is 0. The minimum atomic E-state index is -0.295. The minimum Gasteiger partial charge on any atom is -0.388 e. The largest absolute Gasteiger partial charge is 0.388 e. The quantitative estimate of drug-likeness (QED) is 0.728. The van der Waals surface area contributed by atoms with E-state index in [0.29, 0.717) is 0 Å². The Morgan fingerprint density at radius 2 is 1.75 bits per heavy atom. The van der Waals surface area contributed by atoms with Gasteiger partial charge in [-0.3, -0.25) is 0 Å². The Morgan fingerprint density at radius 1 is 1.17 bits per heavy atom. The van der Waals surface area contributed by atoms with Crippen molar-refractivity contribution in [3.63, 3.8) is 0 Å². The molecule has 1 nitrogen and oxygen atoms in total. The van der Waals surface area contributed by atoms with Crippen molar-refractivity contribution in [1.29, 1.82) is 0 Å². The van der Waals surface area contributed by atoms with Gasteiger partial charge in [-0.25, -0.2) is 0 Å². The van der Waals surface area contributed by atoms with E-state index in [1.807, 2.05) is 19.1 Å². The van der Waals surface area contributed by atoms with Crippen LogP contribution in [0, 0.1) is 0 Å². The fourth-order valence-electron chi connectivity index (χ4n) is 1.21. The van der Waals surface area contributed by atoms with Gasteiger partial charge in [-0.1, -0.05) is 38.1 Å².